The Labute approximate surface area is 146 Å². The molecule has 0 radical (unpaired) electrons. The van der Waals surface area contributed by atoms with Gasteiger partial charge in [-0.15, -0.1) is 0 Å². The Morgan fingerprint density at radius 2 is 2.00 bits per heavy atom. The van der Waals surface area contributed by atoms with Crippen LogP contribution >= 0.6 is 15.9 Å². The van der Waals surface area contributed by atoms with E-state index >= 15 is 0 Å². The normalized spacial score (nSPS) is 14.6. The van der Waals surface area contributed by atoms with Gasteiger partial charge in [-0.2, -0.15) is 0 Å². The molecule has 6 heteroatoms. The van der Waals surface area contributed by atoms with Gasteiger partial charge in [-0.05, 0) is 24.6 Å². The van der Waals surface area contributed by atoms with E-state index < -0.39 is 0 Å². The van der Waals surface area contributed by atoms with Crippen LogP contribution in [0.4, 0.5) is 0 Å². The number of nitrogens with zero attached hydrogens (tertiary/aromatic N) is 2. The van der Waals surface area contributed by atoms with Crippen molar-refractivity contribution in [2.45, 2.75) is 19.8 Å². The van der Waals surface area contributed by atoms with Crippen LogP contribution in [0, 0.1) is 0 Å². The van der Waals surface area contributed by atoms with Crippen LogP contribution in [-0.2, 0) is 4.79 Å². The predicted molar refractivity (Wildman–Crippen MR) is 94.4 cm³/mol. The molecule has 2 rings (SSSR count). The number of halogens is 1. The third-order valence-corrected chi connectivity index (χ3v) is 4.41. The second kappa shape index (κ2) is 9.03. The molecule has 0 bridgehead atoms. The number of hydrogen-bond donors (Lipinski definition) is 1. The van der Waals surface area contributed by atoms with Gasteiger partial charge in [0.1, 0.15) is 0 Å². The first kappa shape index (κ1) is 17.9. The lowest BCUT2D eigenvalue weighted by molar-refractivity contribution is -0.131. The van der Waals surface area contributed by atoms with Gasteiger partial charge in [0.25, 0.3) is 5.91 Å². The van der Waals surface area contributed by atoms with Gasteiger partial charge in [0, 0.05) is 55.7 Å². The summed E-state index contributed by atoms with van der Waals surface area (Å²) in [5.74, 6) is 0.121. The van der Waals surface area contributed by atoms with E-state index in [1.54, 1.807) is 4.90 Å². The molecule has 1 aromatic rings. The molecule has 5 nitrogen and oxygen atoms in total. The topological polar surface area (TPSA) is 52.7 Å². The molecule has 0 unspecified atom stereocenters. The van der Waals surface area contributed by atoms with Crippen molar-refractivity contribution in [1.82, 2.24) is 15.1 Å². The molecule has 0 saturated carbocycles. The van der Waals surface area contributed by atoms with E-state index in [2.05, 4.69) is 21.2 Å². The van der Waals surface area contributed by atoms with Crippen molar-refractivity contribution in [3.63, 3.8) is 0 Å². The van der Waals surface area contributed by atoms with Crippen molar-refractivity contribution in [1.29, 1.82) is 0 Å². The SMILES string of the molecule is CCCN(CCC(=O)N1CCNCC1)C(=O)c1cccc(Br)c1. The average molecular weight is 382 g/mol. The van der Waals surface area contributed by atoms with Gasteiger partial charge in [-0.3, -0.25) is 9.59 Å². The van der Waals surface area contributed by atoms with Gasteiger partial charge >= 0.3 is 0 Å². The quantitative estimate of drug-likeness (QED) is 0.820. The van der Waals surface area contributed by atoms with Crippen molar-refractivity contribution < 1.29 is 9.59 Å². The molecule has 1 aliphatic heterocycles. The lowest BCUT2D eigenvalue weighted by Crippen LogP contribution is -2.47. The first-order chi connectivity index (χ1) is 11.1. The van der Waals surface area contributed by atoms with Crippen LogP contribution in [0.25, 0.3) is 0 Å². The number of nitrogens with one attached hydrogen (secondary N) is 1. The fraction of sp³-hybridized carbons (Fsp3) is 0.529. The summed E-state index contributed by atoms with van der Waals surface area (Å²) in [5, 5.41) is 3.24. The Kier molecular flexibility index (Phi) is 7.05. The molecule has 126 valence electrons. The summed E-state index contributed by atoms with van der Waals surface area (Å²) in [7, 11) is 0. The van der Waals surface area contributed by atoms with E-state index in [1.807, 2.05) is 36.1 Å². The average Bonchev–Trinajstić information content (AvgIpc) is 2.58. The van der Waals surface area contributed by atoms with E-state index in [0.717, 1.165) is 37.1 Å². The number of rotatable bonds is 6. The van der Waals surface area contributed by atoms with E-state index in [9.17, 15) is 9.59 Å². The summed E-state index contributed by atoms with van der Waals surface area (Å²) in [6.45, 7) is 6.39. The summed E-state index contributed by atoms with van der Waals surface area (Å²) in [4.78, 5) is 28.6. The summed E-state index contributed by atoms with van der Waals surface area (Å²) >= 11 is 3.40. The molecule has 0 atom stereocenters. The Bertz CT molecular complexity index is 544. The van der Waals surface area contributed by atoms with Gasteiger partial charge in [0.05, 0.1) is 0 Å². The fourth-order valence-corrected chi connectivity index (χ4v) is 3.09. The Morgan fingerprint density at radius 3 is 2.65 bits per heavy atom. The van der Waals surface area contributed by atoms with Crippen LogP contribution in [0.2, 0.25) is 0 Å². The summed E-state index contributed by atoms with van der Waals surface area (Å²) in [6, 6.07) is 7.39. The maximum Gasteiger partial charge on any atom is 0.253 e. The van der Waals surface area contributed by atoms with Crippen LogP contribution in [0.15, 0.2) is 28.7 Å². The summed E-state index contributed by atoms with van der Waals surface area (Å²) < 4.78 is 0.886. The number of carbonyl (C=O) groups excluding carboxylic acids is 2. The van der Waals surface area contributed by atoms with E-state index in [1.165, 1.54) is 0 Å². The van der Waals surface area contributed by atoms with Gasteiger partial charge < -0.3 is 15.1 Å². The highest BCUT2D eigenvalue weighted by atomic mass is 79.9. The molecule has 0 aliphatic carbocycles. The number of hydrogen-bond acceptors (Lipinski definition) is 3. The van der Waals surface area contributed by atoms with E-state index in [-0.39, 0.29) is 11.8 Å². The molecule has 0 spiro atoms. The zero-order chi connectivity index (χ0) is 16.7. The third kappa shape index (κ3) is 5.32. The van der Waals surface area contributed by atoms with E-state index in [4.69, 9.17) is 0 Å². The van der Waals surface area contributed by atoms with Crippen molar-refractivity contribution in [3.05, 3.63) is 34.3 Å². The second-order valence-corrected chi connectivity index (χ2v) is 6.60. The van der Waals surface area contributed by atoms with Crippen molar-refractivity contribution >= 4 is 27.7 Å². The molecule has 2 amide bonds. The molecule has 23 heavy (non-hydrogen) atoms. The maximum absolute atomic E-state index is 12.6. The molecule has 1 heterocycles. The minimum absolute atomic E-state index is 0.0127. The molecule has 0 aromatic heterocycles. The number of benzene rings is 1. The van der Waals surface area contributed by atoms with Crippen LogP contribution < -0.4 is 5.32 Å². The number of piperazine rings is 1. The number of amides is 2. The second-order valence-electron chi connectivity index (χ2n) is 5.68. The molecule has 1 saturated heterocycles. The van der Waals surface area contributed by atoms with Crippen molar-refractivity contribution in [2.24, 2.45) is 0 Å². The monoisotopic (exact) mass is 381 g/mol. The highest BCUT2D eigenvalue weighted by Crippen LogP contribution is 2.14. The Hall–Kier alpha value is -1.40. The first-order valence-corrected chi connectivity index (χ1v) is 8.94. The number of carbonyl (C=O) groups is 2. The van der Waals surface area contributed by atoms with Gasteiger partial charge in [-0.25, -0.2) is 0 Å². The van der Waals surface area contributed by atoms with Crippen LogP contribution in [0.1, 0.15) is 30.1 Å². The third-order valence-electron chi connectivity index (χ3n) is 3.92. The zero-order valence-corrected chi connectivity index (χ0v) is 15.1. The predicted octanol–water partition coefficient (Wildman–Crippen LogP) is 2.12. The Morgan fingerprint density at radius 1 is 1.26 bits per heavy atom. The largest absolute Gasteiger partial charge is 0.340 e. The van der Waals surface area contributed by atoms with Crippen LogP contribution in [-0.4, -0.2) is 60.9 Å². The van der Waals surface area contributed by atoms with Crippen LogP contribution in [0.3, 0.4) is 0 Å². The van der Waals surface area contributed by atoms with Gasteiger partial charge in [-0.1, -0.05) is 28.9 Å². The molecule has 1 fully saturated rings. The summed E-state index contributed by atoms with van der Waals surface area (Å²) in [6.07, 6.45) is 1.27. The smallest absolute Gasteiger partial charge is 0.253 e. The molecular formula is C17H24BrN3O2. The minimum Gasteiger partial charge on any atom is -0.340 e. The molecular weight excluding hydrogens is 358 g/mol. The zero-order valence-electron chi connectivity index (χ0n) is 13.6. The first-order valence-electron chi connectivity index (χ1n) is 8.15. The fourth-order valence-electron chi connectivity index (χ4n) is 2.69. The molecule has 1 aromatic carbocycles. The highest BCUT2D eigenvalue weighted by molar-refractivity contribution is 9.10. The van der Waals surface area contributed by atoms with Crippen molar-refractivity contribution in [2.75, 3.05) is 39.3 Å². The van der Waals surface area contributed by atoms with Crippen molar-refractivity contribution in [3.8, 4) is 0 Å². The highest BCUT2D eigenvalue weighted by Gasteiger charge is 2.20. The lowest BCUT2D eigenvalue weighted by Gasteiger charge is -2.29. The van der Waals surface area contributed by atoms with Gasteiger partial charge in [0.2, 0.25) is 5.91 Å². The maximum atomic E-state index is 12.6. The standard InChI is InChI=1S/C17H24BrN3O2/c1-2-9-21(17(23)14-4-3-5-15(18)13-14)10-6-16(22)20-11-7-19-8-12-20/h3-5,13,19H,2,6-12H2,1H3. The summed E-state index contributed by atoms with van der Waals surface area (Å²) in [5.41, 5.74) is 0.655. The minimum atomic E-state index is -0.0127. The Balaban J connectivity index is 1.95. The molecule has 1 N–H and O–H groups in total. The lowest BCUT2D eigenvalue weighted by atomic mass is 10.2. The van der Waals surface area contributed by atoms with Gasteiger partial charge in [0.15, 0.2) is 0 Å². The van der Waals surface area contributed by atoms with Crippen LogP contribution in [0.5, 0.6) is 0 Å². The van der Waals surface area contributed by atoms with E-state index in [0.29, 0.717) is 25.1 Å². The molecule has 1 aliphatic rings.